The standard InChI is InChI=1S/C22H26O4/c1-3-19(23)13-25-21-7-5-15-10-18-12-22(26-14-20(24)4-2)8-6-16(18)9-17(15)11-21/h5-12,19-20,23-24H,3-4,13-14H2,1-2H3. The minimum Gasteiger partial charge on any atom is -0.491 e. The zero-order valence-electron chi connectivity index (χ0n) is 15.3. The Hall–Kier alpha value is -2.30. The molecule has 4 nitrogen and oxygen atoms in total. The Kier molecular flexibility index (Phi) is 5.96. The first kappa shape index (κ1) is 18.5. The molecule has 0 amide bonds. The lowest BCUT2D eigenvalue weighted by atomic mass is 10.0. The zero-order valence-corrected chi connectivity index (χ0v) is 15.3. The fourth-order valence-electron chi connectivity index (χ4n) is 2.75. The number of aliphatic hydroxyl groups is 2. The Labute approximate surface area is 154 Å². The average Bonchev–Trinajstić information content (AvgIpc) is 2.68. The van der Waals surface area contributed by atoms with E-state index in [1.54, 1.807) is 0 Å². The lowest BCUT2D eigenvalue weighted by Crippen LogP contribution is -2.15. The third-order valence-corrected chi connectivity index (χ3v) is 4.57. The van der Waals surface area contributed by atoms with Gasteiger partial charge < -0.3 is 19.7 Å². The molecule has 3 aromatic rings. The summed E-state index contributed by atoms with van der Waals surface area (Å²) >= 11 is 0. The summed E-state index contributed by atoms with van der Waals surface area (Å²) in [6.45, 7) is 4.47. The van der Waals surface area contributed by atoms with Gasteiger partial charge in [-0.2, -0.15) is 0 Å². The first-order valence-electron chi connectivity index (χ1n) is 9.18. The average molecular weight is 354 g/mol. The second-order valence-corrected chi connectivity index (χ2v) is 6.62. The van der Waals surface area contributed by atoms with E-state index in [1.165, 1.54) is 0 Å². The van der Waals surface area contributed by atoms with Gasteiger partial charge >= 0.3 is 0 Å². The summed E-state index contributed by atoms with van der Waals surface area (Å²) < 4.78 is 11.3. The maximum Gasteiger partial charge on any atom is 0.120 e. The molecule has 0 spiro atoms. The van der Waals surface area contributed by atoms with Gasteiger partial charge in [0.25, 0.3) is 0 Å². The van der Waals surface area contributed by atoms with Crippen molar-refractivity contribution in [1.29, 1.82) is 0 Å². The van der Waals surface area contributed by atoms with Crippen LogP contribution in [0.15, 0.2) is 48.5 Å². The highest BCUT2D eigenvalue weighted by Gasteiger charge is 2.06. The Balaban J connectivity index is 1.83. The molecule has 3 aromatic carbocycles. The second-order valence-electron chi connectivity index (χ2n) is 6.62. The van der Waals surface area contributed by atoms with Crippen molar-refractivity contribution in [2.45, 2.75) is 38.9 Å². The van der Waals surface area contributed by atoms with Gasteiger partial charge in [0.15, 0.2) is 0 Å². The van der Waals surface area contributed by atoms with E-state index in [-0.39, 0.29) is 0 Å². The molecule has 0 aromatic heterocycles. The molecule has 2 unspecified atom stereocenters. The van der Waals surface area contributed by atoms with E-state index in [0.717, 1.165) is 33.0 Å². The molecule has 0 fully saturated rings. The molecule has 0 aliphatic heterocycles. The molecule has 0 bridgehead atoms. The van der Waals surface area contributed by atoms with Crippen LogP contribution in [0.4, 0.5) is 0 Å². The SMILES string of the molecule is CCC(O)COc1ccc2cc3cc(OCC(O)CC)ccc3cc2c1. The fraction of sp³-hybridized carbons (Fsp3) is 0.364. The van der Waals surface area contributed by atoms with Crippen LogP contribution in [0, 0.1) is 0 Å². The lowest BCUT2D eigenvalue weighted by Gasteiger charge is -2.12. The summed E-state index contributed by atoms with van der Waals surface area (Å²) in [5.41, 5.74) is 0. The summed E-state index contributed by atoms with van der Waals surface area (Å²) in [6, 6.07) is 16.1. The van der Waals surface area contributed by atoms with Gasteiger partial charge in [-0.3, -0.25) is 0 Å². The van der Waals surface area contributed by atoms with E-state index in [4.69, 9.17) is 9.47 Å². The number of aliphatic hydroxyl groups excluding tert-OH is 2. The van der Waals surface area contributed by atoms with Crippen molar-refractivity contribution in [1.82, 2.24) is 0 Å². The maximum atomic E-state index is 9.64. The topological polar surface area (TPSA) is 58.9 Å². The first-order chi connectivity index (χ1) is 12.6. The number of rotatable bonds is 8. The second kappa shape index (κ2) is 8.39. The molecule has 0 saturated carbocycles. The minimum atomic E-state index is -0.438. The molecule has 0 aliphatic carbocycles. The van der Waals surface area contributed by atoms with Gasteiger partial charge in [-0.1, -0.05) is 26.0 Å². The maximum absolute atomic E-state index is 9.64. The molecule has 0 radical (unpaired) electrons. The highest BCUT2D eigenvalue weighted by atomic mass is 16.5. The molecule has 4 heteroatoms. The van der Waals surface area contributed by atoms with Crippen LogP contribution >= 0.6 is 0 Å². The molecule has 2 atom stereocenters. The molecule has 0 saturated heterocycles. The Morgan fingerprint density at radius 3 is 1.46 bits per heavy atom. The lowest BCUT2D eigenvalue weighted by molar-refractivity contribution is 0.104. The van der Waals surface area contributed by atoms with Crippen LogP contribution < -0.4 is 9.47 Å². The van der Waals surface area contributed by atoms with E-state index < -0.39 is 12.2 Å². The molecule has 2 N–H and O–H groups in total. The summed E-state index contributed by atoms with van der Waals surface area (Å²) in [4.78, 5) is 0. The minimum absolute atomic E-state index is 0.305. The zero-order chi connectivity index (χ0) is 18.5. The quantitative estimate of drug-likeness (QED) is 0.593. The number of fused-ring (bicyclic) bond motifs is 2. The highest BCUT2D eigenvalue weighted by molar-refractivity contribution is 5.99. The van der Waals surface area contributed by atoms with Gasteiger partial charge in [-0.15, -0.1) is 0 Å². The number of hydrogen-bond acceptors (Lipinski definition) is 4. The van der Waals surface area contributed by atoms with Crippen molar-refractivity contribution in [3.05, 3.63) is 48.5 Å². The summed E-state index contributed by atoms with van der Waals surface area (Å²) in [6.07, 6.45) is 0.481. The van der Waals surface area contributed by atoms with Crippen molar-refractivity contribution in [2.75, 3.05) is 13.2 Å². The van der Waals surface area contributed by atoms with Gasteiger partial charge in [-0.05, 0) is 70.8 Å². The Morgan fingerprint density at radius 2 is 1.08 bits per heavy atom. The third kappa shape index (κ3) is 4.45. The largest absolute Gasteiger partial charge is 0.491 e. The molecule has 0 heterocycles. The predicted molar refractivity (Wildman–Crippen MR) is 105 cm³/mol. The predicted octanol–water partition coefficient (Wildman–Crippen LogP) is 4.29. The van der Waals surface area contributed by atoms with E-state index >= 15 is 0 Å². The van der Waals surface area contributed by atoms with Crippen LogP contribution in [0.25, 0.3) is 21.5 Å². The van der Waals surface area contributed by atoms with Crippen LogP contribution in [0.2, 0.25) is 0 Å². The van der Waals surface area contributed by atoms with Crippen LogP contribution in [-0.2, 0) is 0 Å². The molecule has 26 heavy (non-hydrogen) atoms. The van der Waals surface area contributed by atoms with Crippen molar-refractivity contribution in [2.24, 2.45) is 0 Å². The van der Waals surface area contributed by atoms with E-state index in [1.807, 2.05) is 50.2 Å². The number of hydrogen-bond donors (Lipinski definition) is 2. The fourth-order valence-corrected chi connectivity index (χ4v) is 2.75. The van der Waals surface area contributed by atoms with Crippen molar-refractivity contribution >= 4 is 21.5 Å². The van der Waals surface area contributed by atoms with Gasteiger partial charge in [0.05, 0.1) is 12.2 Å². The third-order valence-electron chi connectivity index (χ3n) is 4.57. The molecular weight excluding hydrogens is 328 g/mol. The first-order valence-corrected chi connectivity index (χ1v) is 9.18. The van der Waals surface area contributed by atoms with Crippen molar-refractivity contribution in [3.8, 4) is 11.5 Å². The molecule has 3 rings (SSSR count). The molecular formula is C22H26O4. The Bertz CT molecular complexity index is 801. The van der Waals surface area contributed by atoms with Crippen LogP contribution in [0.1, 0.15) is 26.7 Å². The highest BCUT2D eigenvalue weighted by Crippen LogP contribution is 2.29. The van der Waals surface area contributed by atoms with Gasteiger partial charge in [-0.25, -0.2) is 0 Å². The summed E-state index contributed by atoms with van der Waals surface area (Å²) in [5, 5.41) is 23.7. The smallest absolute Gasteiger partial charge is 0.120 e. The Morgan fingerprint density at radius 1 is 0.654 bits per heavy atom. The summed E-state index contributed by atoms with van der Waals surface area (Å²) in [7, 11) is 0. The number of benzene rings is 3. The summed E-state index contributed by atoms with van der Waals surface area (Å²) in [5.74, 6) is 1.52. The van der Waals surface area contributed by atoms with E-state index in [2.05, 4.69) is 12.1 Å². The van der Waals surface area contributed by atoms with Gasteiger partial charge in [0.1, 0.15) is 24.7 Å². The van der Waals surface area contributed by atoms with Gasteiger partial charge in [0.2, 0.25) is 0 Å². The van der Waals surface area contributed by atoms with Crippen molar-refractivity contribution < 1.29 is 19.7 Å². The van der Waals surface area contributed by atoms with Crippen molar-refractivity contribution in [3.63, 3.8) is 0 Å². The van der Waals surface area contributed by atoms with Gasteiger partial charge in [0, 0.05) is 0 Å². The van der Waals surface area contributed by atoms with Crippen LogP contribution in [-0.4, -0.2) is 35.6 Å². The van der Waals surface area contributed by atoms with Crippen LogP contribution in [0.3, 0.4) is 0 Å². The molecule has 0 aliphatic rings. The normalized spacial score (nSPS) is 13.7. The van der Waals surface area contributed by atoms with E-state index in [0.29, 0.717) is 26.1 Å². The van der Waals surface area contributed by atoms with E-state index in [9.17, 15) is 10.2 Å². The monoisotopic (exact) mass is 354 g/mol. The van der Waals surface area contributed by atoms with Crippen LogP contribution in [0.5, 0.6) is 11.5 Å². The number of ether oxygens (including phenoxy) is 2. The molecule has 138 valence electrons.